The van der Waals surface area contributed by atoms with Gasteiger partial charge in [0.1, 0.15) is 0 Å². The maximum atomic E-state index is 11.2. The first-order chi connectivity index (χ1) is 11.1. The first-order valence-corrected chi connectivity index (χ1v) is 7.69. The maximum absolute atomic E-state index is 11.2. The maximum Gasteiger partial charge on any atom is 0.305 e. The summed E-state index contributed by atoms with van der Waals surface area (Å²) in [5.41, 5.74) is -0.0322. The van der Waals surface area contributed by atoms with Crippen LogP contribution in [-0.4, -0.2) is 31.2 Å². The minimum atomic E-state index is -0.471. The highest BCUT2D eigenvalue weighted by atomic mass is 16.6. The van der Waals surface area contributed by atoms with Crippen LogP contribution < -0.4 is 9.47 Å². The highest BCUT2D eigenvalue weighted by Crippen LogP contribution is 2.31. The number of methoxy groups -OCH3 is 1. The molecule has 0 N–H and O–H groups in total. The fraction of sp³-hybridized carbons (Fsp3) is 0.562. The molecule has 1 aromatic carbocycles. The van der Waals surface area contributed by atoms with Crippen LogP contribution in [0.25, 0.3) is 0 Å². The number of esters is 1. The molecule has 0 radical (unpaired) electrons. The van der Waals surface area contributed by atoms with Crippen LogP contribution in [0.2, 0.25) is 0 Å². The average Bonchev–Trinajstić information content (AvgIpc) is 2.53. The number of ether oxygens (including phenoxy) is 3. The molecule has 7 nitrogen and oxygen atoms in total. The zero-order valence-electron chi connectivity index (χ0n) is 13.6. The Labute approximate surface area is 135 Å². The fourth-order valence-corrected chi connectivity index (χ4v) is 2.03. The van der Waals surface area contributed by atoms with Crippen LogP contribution in [0.3, 0.4) is 0 Å². The van der Waals surface area contributed by atoms with Gasteiger partial charge in [0, 0.05) is 12.5 Å². The second kappa shape index (κ2) is 10.4. The van der Waals surface area contributed by atoms with Gasteiger partial charge in [0.2, 0.25) is 0 Å². The first-order valence-electron chi connectivity index (χ1n) is 7.69. The summed E-state index contributed by atoms with van der Waals surface area (Å²) < 4.78 is 15.5. The van der Waals surface area contributed by atoms with E-state index in [9.17, 15) is 14.9 Å². The lowest BCUT2D eigenvalue weighted by atomic mass is 10.1. The second-order valence-corrected chi connectivity index (χ2v) is 4.91. The molecule has 0 bridgehead atoms. The molecule has 0 amide bonds. The Morgan fingerprint density at radius 1 is 1.17 bits per heavy atom. The van der Waals surface area contributed by atoms with Crippen molar-refractivity contribution >= 4 is 11.7 Å². The Balaban J connectivity index is 2.29. The Morgan fingerprint density at radius 2 is 1.91 bits per heavy atom. The van der Waals surface area contributed by atoms with Gasteiger partial charge < -0.3 is 14.2 Å². The predicted molar refractivity (Wildman–Crippen MR) is 84.9 cm³/mol. The molecule has 0 aromatic heterocycles. The third-order valence-corrected chi connectivity index (χ3v) is 3.20. The molecule has 128 valence electrons. The summed E-state index contributed by atoms with van der Waals surface area (Å²) in [7, 11) is 1.49. The molecule has 0 atom stereocenters. The summed E-state index contributed by atoms with van der Waals surface area (Å²) in [6, 6.07) is 4.26. The molecule has 1 aromatic rings. The second-order valence-electron chi connectivity index (χ2n) is 4.91. The molecule has 0 aliphatic rings. The molecule has 1 rings (SSSR count). The number of benzene rings is 1. The first kappa shape index (κ1) is 18.7. The summed E-state index contributed by atoms with van der Waals surface area (Å²) in [5.74, 6) is 0.677. The van der Waals surface area contributed by atoms with Crippen molar-refractivity contribution in [1.82, 2.24) is 0 Å². The number of nitrogens with zero attached hydrogens (tertiary/aromatic N) is 1. The van der Waals surface area contributed by atoms with Gasteiger partial charge in [-0.2, -0.15) is 0 Å². The lowest BCUT2D eigenvalue weighted by Gasteiger charge is -2.10. The summed E-state index contributed by atoms with van der Waals surface area (Å²) in [6.07, 6.45) is 3.85. The summed E-state index contributed by atoms with van der Waals surface area (Å²) in [5, 5.41) is 10.8. The van der Waals surface area contributed by atoms with Gasteiger partial charge in [-0.1, -0.05) is 12.8 Å². The number of carbonyl (C=O) groups excluding carboxylic acids is 1. The van der Waals surface area contributed by atoms with Crippen LogP contribution in [0.15, 0.2) is 18.2 Å². The average molecular weight is 325 g/mol. The van der Waals surface area contributed by atoms with E-state index in [0.717, 1.165) is 25.7 Å². The molecule has 23 heavy (non-hydrogen) atoms. The molecule has 0 aliphatic carbocycles. The third kappa shape index (κ3) is 6.99. The lowest BCUT2D eigenvalue weighted by Crippen LogP contribution is -2.03. The molecule has 0 unspecified atom stereocenters. The highest BCUT2D eigenvalue weighted by Gasteiger charge is 2.12. The van der Waals surface area contributed by atoms with Crippen molar-refractivity contribution in [2.45, 2.75) is 39.0 Å². The highest BCUT2D eigenvalue weighted by molar-refractivity contribution is 5.69. The zero-order valence-corrected chi connectivity index (χ0v) is 13.6. The van der Waals surface area contributed by atoms with E-state index >= 15 is 0 Å². The van der Waals surface area contributed by atoms with Crippen molar-refractivity contribution in [3.8, 4) is 11.5 Å². The van der Waals surface area contributed by atoms with Gasteiger partial charge in [0.25, 0.3) is 5.69 Å². The van der Waals surface area contributed by atoms with Gasteiger partial charge in [-0.25, -0.2) is 0 Å². The van der Waals surface area contributed by atoms with Crippen molar-refractivity contribution in [3.63, 3.8) is 0 Å². The molecule has 0 heterocycles. The quantitative estimate of drug-likeness (QED) is 0.268. The number of non-ortho nitro benzene ring substituents is 1. The smallest absolute Gasteiger partial charge is 0.305 e. The van der Waals surface area contributed by atoms with Gasteiger partial charge >= 0.3 is 5.97 Å². The van der Waals surface area contributed by atoms with Crippen molar-refractivity contribution < 1.29 is 23.9 Å². The van der Waals surface area contributed by atoms with E-state index in [4.69, 9.17) is 14.2 Å². The van der Waals surface area contributed by atoms with Gasteiger partial charge in [-0.3, -0.25) is 14.9 Å². The Hall–Kier alpha value is -2.31. The van der Waals surface area contributed by atoms with E-state index in [1.54, 1.807) is 6.92 Å². The van der Waals surface area contributed by atoms with Crippen molar-refractivity contribution in [2.75, 3.05) is 20.3 Å². The van der Waals surface area contributed by atoms with Gasteiger partial charge in [0.05, 0.1) is 31.3 Å². The van der Waals surface area contributed by atoms with Crippen LogP contribution in [-0.2, 0) is 9.53 Å². The minimum Gasteiger partial charge on any atom is -0.493 e. The fourth-order valence-electron chi connectivity index (χ4n) is 2.03. The van der Waals surface area contributed by atoms with Crippen molar-refractivity contribution in [2.24, 2.45) is 0 Å². The number of hydrogen-bond donors (Lipinski definition) is 0. The standard InChI is InChI=1S/C16H23NO6/c1-3-22-16(18)8-6-4-5-7-11-23-15-12-13(17(19)20)9-10-14(15)21-2/h9-10,12H,3-8,11H2,1-2H3. The molecular formula is C16H23NO6. The van der Waals surface area contributed by atoms with E-state index in [2.05, 4.69) is 0 Å². The van der Waals surface area contributed by atoms with E-state index < -0.39 is 4.92 Å². The number of nitro benzene ring substituents is 1. The van der Waals surface area contributed by atoms with Crippen LogP contribution >= 0.6 is 0 Å². The number of unbranched alkanes of at least 4 members (excludes halogenated alkanes) is 3. The molecule has 0 aliphatic heterocycles. The Bertz CT molecular complexity index is 517. The van der Waals surface area contributed by atoms with Gasteiger partial charge in [-0.15, -0.1) is 0 Å². The van der Waals surface area contributed by atoms with E-state index in [1.165, 1.54) is 25.3 Å². The van der Waals surface area contributed by atoms with Crippen molar-refractivity contribution in [1.29, 1.82) is 0 Å². The van der Waals surface area contributed by atoms with Crippen LogP contribution in [0.4, 0.5) is 5.69 Å². The molecule has 0 fully saturated rings. The van der Waals surface area contributed by atoms with E-state index in [1.807, 2.05) is 0 Å². The van der Waals surface area contributed by atoms with Crippen LogP contribution in [0.1, 0.15) is 39.0 Å². The summed E-state index contributed by atoms with van der Waals surface area (Å²) >= 11 is 0. The lowest BCUT2D eigenvalue weighted by molar-refractivity contribution is -0.385. The number of carbonyl (C=O) groups is 1. The van der Waals surface area contributed by atoms with Crippen LogP contribution in [0.5, 0.6) is 11.5 Å². The Morgan fingerprint density at radius 3 is 2.57 bits per heavy atom. The Kier molecular flexibility index (Phi) is 8.49. The molecular weight excluding hydrogens is 302 g/mol. The number of rotatable bonds is 11. The van der Waals surface area contributed by atoms with E-state index in [-0.39, 0.29) is 11.7 Å². The zero-order chi connectivity index (χ0) is 17.1. The molecule has 0 saturated heterocycles. The molecule has 7 heteroatoms. The third-order valence-electron chi connectivity index (χ3n) is 3.20. The normalized spacial score (nSPS) is 10.2. The van der Waals surface area contributed by atoms with Crippen molar-refractivity contribution in [3.05, 3.63) is 28.3 Å². The topological polar surface area (TPSA) is 87.9 Å². The largest absolute Gasteiger partial charge is 0.493 e. The summed E-state index contributed by atoms with van der Waals surface area (Å²) in [4.78, 5) is 21.5. The molecule has 0 spiro atoms. The number of nitro groups is 1. The van der Waals surface area contributed by atoms with Gasteiger partial charge in [0.15, 0.2) is 11.5 Å². The summed E-state index contributed by atoms with van der Waals surface area (Å²) in [6.45, 7) is 2.64. The van der Waals surface area contributed by atoms with Gasteiger partial charge in [-0.05, 0) is 25.8 Å². The monoisotopic (exact) mass is 325 g/mol. The molecule has 0 saturated carbocycles. The minimum absolute atomic E-state index is 0.0322. The number of hydrogen-bond acceptors (Lipinski definition) is 6. The predicted octanol–water partition coefficient (Wildman–Crippen LogP) is 3.50. The SMILES string of the molecule is CCOC(=O)CCCCCCOc1cc([N+](=O)[O-])ccc1OC. The van der Waals surface area contributed by atoms with E-state index in [0.29, 0.717) is 31.1 Å². The van der Waals surface area contributed by atoms with Crippen LogP contribution in [0, 0.1) is 10.1 Å².